The molecule has 0 saturated carbocycles. The Morgan fingerprint density at radius 3 is 2.88 bits per heavy atom. The number of carbonyl (C=O) groups excluding carboxylic acids is 1. The standard InChI is InChI=1S/C19H21ClN2O3/c1-12(10-21)19(24)22-5-6-25-18-15(11-22)7-14(9-17(18)23)13-3-2-4-16(20)8-13/h2-4,7-9,12,23H,5-6,10-11,21H2,1H3/t12-/m1/s1. The predicted octanol–water partition coefficient (Wildman–Crippen LogP) is 3.03. The van der Waals surface area contributed by atoms with Gasteiger partial charge in [-0.15, -0.1) is 0 Å². The summed E-state index contributed by atoms with van der Waals surface area (Å²) in [6, 6.07) is 11.0. The molecule has 0 spiro atoms. The summed E-state index contributed by atoms with van der Waals surface area (Å²) in [6.45, 7) is 3.29. The number of amides is 1. The first-order chi connectivity index (χ1) is 12.0. The highest BCUT2D eigenvalue weighted by Gasteiger charge is 2.25. The highest BCUT2D eigenvalue weighted by Crippen LogP contribution is 2.38. The summed E-state index contributed by atoms with van der Waals surface area (Å²) in [7, 11) is 0. The summed E-state index contributed by atoms with van der Waals surface area (Å²) < 4.78 is 5.69. The van der Waals surface area contributed by atoms with Crippen molar-refractivity contribution in [2.45, 2.75) is 13.5 Å². The average Bonchev–Trinajstić information content (AvgIpc) is 2.83. The monoisotopic (exact) mass is 360 g/mol. The number of benzene rings is 2. The molecule has 0 saturated heterocycles. The second kappa shape index (κ2) is 7.33. The number of ether oxygens (including phenoxy) is 1. The Morgan fingerprint density at radius 1 is 1.36 bits per heavy atom. The van der Waals surface area contributed by atoms with Crippen LogP contribution in [-0.4, -0.2) is 35.6 Å². The van der Waals surface area contributed by atoms with E-state index in [1.54, 1.807) is 17.0 Å². The molecule has 0 radical (unpaired) electrons. The molecule has 3 N–H and O–H groups in total. The van der Waals surface area contributed by atoms with Crippen molar-refractivity contribution in [3.63, 3.8) is 0 Å². The van der Waals surface area contributed by atoms with Crippen molar-refractivity contribution in [2.24, 2.45) is 11.7 Å². The molecule has 1 aliphatic rings. The number of aromatic hydroxyl groups is 1. The van der Waals surface area contributed by atoms with Crippen LogP contribution in [-0.2, 0) is 11.3 Å². The van der Waals surface area contributed by atoms with Gasteiger partial charge in [0.1, 0.15) is 6.61 Å². The Morgan fingerprint density at radius 2 is 2.16 bits per heavy atom. The van der Waals surface area contributed by atoms with Crippen LogP contribution in [0.25, 0.3) is 11.1 Å². The summed E-state index contributed by atoms with van der Waals surface area (Å²) >= 11 is 6.07. The Balaban J connectivity index is 1.98. The van der Waals surface area contributed by atoms with Crippen molar-refractivity contribution >= 4 is 17.5 Å². The summed E-state index contributed by atoms with van der Waals surface area (Å²) in [4.78, 5) is 14.2. The first-order valence-corrected chi connectivity index (χ1v) is 8.61. The van der Waals surface area contributed by atoms with Gasteiger partial charge in [-0.25, -0.2) is 0 Å². The zero-order valence-corrected chi connectivity index (χ0v) is 14.8. The third-order valence-corrected chi connectivity index (χ3v) is 4.59. The molecule has 2 aromatic carbocycles. The Kier molecular flexibility index (Phi) is 5.16. The zero-order chi connectivity index (χ0) is 18.0. The molecule has 1 aliphatic heterocycles. The second-order valence-electron chi connectivity index (χ2n) is 6.24. The van der Waals surface area contributed by atoms with Crippen LogP contribution >= 0.6 is 11.6 Å². The molecule has 0 bridgehead atoms. The van der Waals surface area contributed by atoms with Gasteiger partial charge in [0.2, 0.25) is 5.91 Å². The molecule has 0 aromatic heterocycles. The molecular weight excluding hydrogens is 340 g/mol. The maximum Gasteiger partial charge on any atom is 0.227 e. The predicted molar refractivity (Wildman–Crippen MR) is 97.7 cm³/mol. The topological polar surface area (TPSA) is 75.8 Å². The third kappa shape index (κ3) is 3.72. The van der Waals surface area contributed by atoms with Gasteiger partial charge >= 0.3 is 0 Å². The normalized spacial score (nSPS) is 15.1. The maximum atomic E-state index is 12.5. The third-order valence-electron chi connectivity index (χ3n) is 4.36. The number of rotatable bonds is 3. The van der Waals surface area contributed by atoms with Gasteiger partial charge in [-0.2, -0.15) is 0 Å². The minimum atomic E-state index is -0.244. The fraction of sp³-hybridized carbons (Fsp3) is 0.316. The maximum absolute atomic E-state index is 12.5. The molecule has 1 atom stereocenters. The molecule has 0 aliphatic carbocycles. The second-order valence-corrected chi connectivity index (χ2v) is 6.68. The average molecular weight is 361 g/mol. The van der Waals surface area contributed by atoms with Crippen molar-refractivity contribution in [1.29, 1.82) is 0 Å². The lowest BCUT2D eigenvalue weighted by molar-refractivity contribution is -0.135. The number of nitrogens with two attached hydrogens (primary N) is 1. The number of halogens is 1. The van der Waals surface area contributed by atoms with E-state index in [9.17, 15) is 9.90 Å². The Bertz CT molecular complexity index is 794. The summed E-state index contributed by atoms with van der Waals surface area (Å²) in [6.07, 6.45) is 0. The molecular formula is C19H21ClN2O3. The fourth-order valence-corrected chi connectivity index (χ4v) is 3.12. The van der Waals surface area contributed by atoms with Crippen LogP contribution in [0.2, 0.25) is 5.02 Å². The Labute approximate surface area is 152 Å². The van der Waals surface area contributed by atoms with E-state index in [2.05, 4.69) is 0 Å². The zero-order valence-electron chi connectivity index (χ0n) is 14.0. The van der Waals surface area contributed by atoms with Crippen LogP contribution in [0.4, 0.5) is 0 Å². The summed E-state index contributed by atoms with van der Waals surface area (Å²) in [5, 5.41) is 11.0. The number of fused-ring (bicyclic) bond motifs is 1. The number of hydrogen-bond acceptors (Lipinski definition) is 4. The number of carbonyl (C=O) groups is 1. The van der Waals surface area contributed by atoms with Crippen LogP contribution < -0.4 is 10.5 Å². The van der Waals surface area contributed by atoms with Crippen LogP contribution in [0.15, 0.2) is 36.4 Å². The van der Waals surface area contributed by atoms with Crippen LogP contribution in [0.3, 0.4) is 0 Å². The first kappa shape index (κ1) is 17.6. The van der Waals surface area contributed by atoms with Crippen molar-refractivity contribution < 1.29 is 14.6 Å². The van der Waals surface area contributed by atoms with E-state index in [1.165, 1.54) is 0 Å². The molecule has 2 aromatic rings. The van der Waals surface area contributed by atoms with E-state index in [4.69, 9.17) is 22.1 Å². The van der Waals surface area contributed by atoms with Gasteiger partial charge < -0.3 is 20.5 Å². The van der Waals surface area contributed by atoms with Crippen molar-refractivity contribution in [1.82, 2.24) is 4.90 Å². The molecule has 1 heterocycles. The van der Waals surface area contributed by atoms with Crippen molar-refractivity contribution in [3.05, 3.63) is 47.0 Å². The van der Waals surface area contributed by atoms with Crippen LogP contribution in [0.1, 0.15) is 12.5 Å². The van der Waals surface area contributed by atoms with Crippen LogP contribution in [0.5, 0.6) is 11.5 Å². The number of phenols is 1. The summed E-state index contributed by atoms with van der Waals surface area (Å²) in [5.41, 5.74) is 8.10. The minimum Gasteiger partial charge on any atom is -0.504 e. The molecule has 3 rings (SSSR count). The van der Waals surface area contributed by atoms with E-state index in [0.717, 1.165) is 16.7 Å². The van der Waals surface area contributed by atoms with Gasteiger partial charge in [-0.3, -0.25) is 4.79 Å². The Hall–Kier alpha value is -2.24. The molecule has 5 nitrogen and oxygen atoms in total. The molecule has 132 valence electrons. The lowest BCUT2D eigenvalue weighted by atomic mass is 10.0. The SMILES string of the molecule is C[C@H](CN)C(=O)N1CCOc2c(O)cc(-c3cccc(Cl)c3)cc2C1. The fourth-order valence-electron chi connectivity index (χ4n) is 2.93. The van der Waals surface area contributed by atoms with Gasteiger partial charge in [-0.05, 0) is 35.4 Å². The van der Waals surface area contributed by atoms with E-state index in [1.807, 2.05) is 31.2 Å². The van der Waals surface area contributed by atoms with Gasteiger partial charge in [-0.1, -0.05) is 30.7 Å². The molecule has 0 unspecified atom stereocenters. The highest BCUT2D eigenvalue weighted by molar-refractivity contribution is 6.30. The largest absolute Gasteiger partial charge is 0.504 e. The molecule has 0 fully saturated rings. The summed E-state index contributed by atoms with van der Waals surface area (Å²) in [5.74, 6) is 0.244. The quantitative estimate of drug-likeness (QED) is 0.882. The van der Waals surface area contributed by atoms with Gasteiger partial charge in [0, 0.05) is 29.6 Å². The van der Waals surface area contributed by atoms with E-state index in [-0.39, 0.29) is 17.6 Å². The van der Waals surface area contributed by atoms with Crippen molar-refractivity contribution in [3.8, 4) is 22.6 Å². The lowest BCUT2D eigenvalue weighted by Crippen LogP contribution is -2.38. The van der Waals surface area contributed by atoms with E-state index < -0.39 is 0 Å². The molecule has 25 heavy (non-hydrogen) atoms. The lowest BCUT2D eigenvalue weighted by Gasteiger charge is -2.23. The smallest absolute Gasteiger partial charge is 0.227 e. The van der Waals surface area contributed by atoms with Crippen LogP contribution in [0, 0.1) is 5.92 Å². The molecule has 6 heteroatoms. The highest BCUT2D eigenvalue weighted by atomic mass is 35.5. The van der Waals surface area contributed by atoms with Gasteiger partial charge in [0.15, 0.2) is 11.5 Å². The van der Waals surface area contributed by atoms with E-state index >= 15 is 0 Å². The minimum absolute atomic E-state index is 0.00778. The molecule has 1 amide bonds. The van der Waals surface area contributed by atoms with Gasteiger partial charge in [0.25, 0.3) is 0 Å². The van der Waals surface area contributed by atoms with E-state index in [0.29, 0.717) is 37.0 Å². The first-order valence-electron chi connectivity index (χ1n) is 8.23. The van der Waals surface area contributed by atoms with Crippen molar-refractivity contribution in [2.75, 3.05) is 19.7 Å². The number of nitrogens with zero attached hydrogens (tertiary/aromatic N) is 1. The number of hydrogen-bond donors (Lipinski definition) is 2. The number of phenolic OH excluding ortho intramolecular Hbond substituents is 1. The van der Waals surface area contributed by atoms with Gasteiger partial charge in [0.05, 0.1) is 6.54 Å².